The monoisotopic (exact) mass is 1670 g/mol. The minimum absolute atomic E-state index is 0. The van der Waals surface area contributed by atoms with Crippen molar-refractivity contribution in [3.63, 3.8) is 0 Å². The number of amides is 3. The van der Waals surface area contributed by atoms with Gasteiger partial charge < -0.3 is 115 Å². The van der Waals surface area contributed by atoms with Gasteiger partial charge in [-0.3, -0.25) is 24.3 Å². The molecular formula is C49H35N14O14Y7-7. The smallest absolute Gasteiger partial charge is 0.178 e. The zero-order valence-electron chi connectivity index (χ0n) is 44.7. The Morgan fingerprint density at radius 3 is 1.76 bits per heavy atom. The molecule has 3 aromatic heterocycles. The number of aromatic amines is 8. The van der Waals surface area contributed by atoms with Crippen molar-refractivity contribution >= 4 is 46.4 Å². The minimum Gasteiger partial charge on any atom is -0.495 e. The molecule has 11 aliphatic rings. The molecule has 84 heavy (non-hydrogen) atoms. The molecule has 14 N–H and O–H groups in total. The van der Waals surface area contributed by atoms with Gasteiger partial charge in [-0.1, -0.05) is 74.4 Å². The second-order valence-corrected chi connectivity index (χ2v) is 16.8. The summed E-state index contributed by atoms with van der Waals surface area (Å²) in [6, 6.07) is 2.26. The quantitative estimate of drug-likeness (QED) is 0.0519. The van der Waals surface area contributed by atoms with Gasteiger partial charge in [0.15, 0.2) is 45.8 Å². The van der Waals surface area contributed by atoms with Crippen molar-refractivity contribution in [2.45, 2.75) is 48.5 Å². The molecule has 0 fully saturated rings. The van der Waals surface area contributed by atoms with Crippen LogP contribution in [0.5, 0.6) is 11.8 Å². The number of carbonyl (C=O) groups excluding carboxylic acids is 5. The third-order valence-corrected chi connectivity index (χ3v) is 11.9. The number of fused-ring (bicyclic) bond motifs is 7. The number of hydrazine groups is 1. The van der Waals surface area contributed by atoms with Gasteiger partial charge in [0, 0.05) is 229 Å². The van der Waals surface area contributed by atoms with Crippen LogP contribution in [0.15, 0.2) is 72.4 Å². The number of rotatable bonds is 0. The van der Waals surface area contributed by atoms with Gasteiger partial charge in [-0.2, -0.15) is 6.08 Å². The van der Waals surface area contributed by atoms with Crippen molar-refractivity contribution in [1.82, 2.24) is 66.8 Å². The summed E-state index contributed by atoms with van der Waals surface area (Å²) in [6.45, 7) is 11.6. The van der Waals surface area contributed by atoms with Crippen molar-refractivity contribution in [2.24, 2.45) is 4.99 Å². The summed E-state index contributed by atoms with van der Waals surface area (Å²) in [5.41, 5.74) is 11.0. The molecule has 35 heteroatoms. The Bertz CT molecular complexity index is 4520. The molecule has 0 aromatic carbocycles. The molecule has 413 valence electrons. The molecule has 0 bridgehead atoms. The third kappa shape index (κ3) is 16.1. The Hall–Kier alpha value is -3.33. The van der Waals surface area contributed by atoms with Crippen LogP contribution in [0.25, 0.3) is 50.8 Å². The van der Waals surface area contributed by atoms with Crippen LogP contribution >= 0.6 is 0 Å². The van der Waals surface area contributed by atoms with Crippen molar-refractivity contribution in [1.29, 1.82) is 0 Å². The van der Waals surface area contributed by atoms with Crippen LogP contribution in [0.2, 0.25) is 0 Å². The number of aromatic hydroxyl groups is 2. The van der Waals surface area contributed by atoms with Gasteiger partial charge in [0.1, 0.15) is 33.7 Å². The SMILES string of the molecule is CC1=C2NC(=O)[C-]=C2C(=O)N1.CC1=C2NN[C-]=C2C(=O)C1=O.Cc1[nH]c(=O)c2[c-][nH][nH]c1-2.Cc1c(O)[nH]c2[c-][nH]nc12.Cc1c(O)[nH]c2c1=NC(=O)[C-]=2.Cc1c2[nH]c(=O)[c-]c-2c(=O)c1=O.Cc1c2c(=O)[nH][c-]c-2c(=O)c1=O.[Y].[Y].[Y].[Y].[Y].[Y].[Y]. The van der Waals surface area contributed by atoms with Crippen LogP contribution in [0.3, 0.4) is 0 Å². The maximum Gasteiger partial charge on any atom is 0.178 e. The molecule has 0 atom stereocenters. The van der Waals surface area contributed by atoms with Crippen LogP contribution in [0, 0.1) is 71.6 Å². The number of nitrogens with zero attached hydrogens (tertiary/aromatic N) is 2. The van der Waals surface area contributed by atoms with Gasteiger partial charge in [0.05, 0.1) is 0 Å². The first-order valence-corrected chi connectivity index (χ1v) is 22.0. The van der Waals surface area contributed by atoms with Crippen molar-refractivity contribution in [3.8, 4) is 45.4 Å². The minimum atomic E-state index is -0.638. The maximum atomic E-state index is 11.1. The van der Waals surface area contributed by atoms with E-state index in [0.29, 0.717) is 66.9 Å². The van der Waals surface area contributed by atoms with E-state index in [2.05, 4.69) is 115 Å². The molecule has 0 saturated carbocycles. The van der Waals surface area contributed by atoms with Crippen molar-refractivity contribution in [3.05, 3.63) is 181 Å². The number of carbonyl (C=O) groups is 5. The summed E-state index contributed by atoms with van der Waals surface area (Å²) >= 11 is 0. The van der Waals surface area contributed by atoms with E-state index in [4.69, 9.17) is 10.2 Å². The third-order valence-electron chi connectivity index (χ3n) is 11.9. The van der Waals surface area contributed by atoms with E-state index >= 15 is 0 Å². The summed E-state index contributed by atoms with van der Waals surface area (Å²) in [5, 5.41) is 36.1. The summed E-state index contributed by atoms with van der Waals surface area (Å²) in [5.74, 6) is -1.68. The predicted molar refractivity (Wildman–Crippen MR) is 264 cm³/mol. The van der Waals surface area contributed by atoms with Crippen LogP contribution in [0.1, 0.15) is 41.8 Å². The van der Waals surface area contributed by atoms with Crippen molar-refractivity contribution in [2.75, 3.05) is 0 Å². The Morgan fingerprint density at radius 2 is 1.18 bits per heavy atom. The Morgan fingerprint density at radius 1 is 0.548 bits per heavy atom. The number of ketones is 2. The number of nitrogens with one attached hydrogen (secondary N) is 12. The molecule has 3 aromatic rings. The number of aromatic nitrogens is 9. The average Bonchev–Trinajstić information content (AvgIpc) is 4.23. The van der Waals surface area contributed by atoms with Crippen LogP contribution in [0.4, 0.5) is 0 Å². The van der Waals surface area contributed by atoms with E-state index in [1.807, 2.05) is 6.92 Å². The van der Waals surface area contributed by atoms with Gasteiger partial charge in [0.25, 0.3) is 0 Å². The second-order valence-electron chi connectivity index (χ2n) is 16.8. The molecule has 0 saturated heterocycles. The molecular weight excluding hydrogens is 1630 g/mol. The predicted octanol–water partition coefficient (Wildman–Crippen LogP) is -3.44. The first-order chi connectivity index (χ1) is 36.4. The van der Waals surface area contributed by atoms with E-state index in [1.54, 1.807) is 27.7 Å². The maximum absolute atomic E-state index is 11.1. The molecule has 0 unspecified atom stereocenters. The average molecular weight is 1670 g/mol. The number of hydrogen-bond acceptors (Lipinski definition) is 17. The van der Waals surface area contributed by atoms with Crippen LogP contribution in [-0.4, -0.2) is 84.8 Å². The fraction of sp³-hybridized carbons (Fsp3) is 0.143. The first kappa shape index (κ1) is 78.7. The second kappa shape index (κ2) is 32.8. The number of Topliss-reactive ketones (excluding diaryl/α,β-unsaturated/α-hetero) is 2. The number of aryl methyl sites for hydroxylation is 2. The van der Waals surface area contributed by atoms with Gasteiger partial charge in [-0.15, -0.1) is 17.8 Å². The molecule has 3 aliphatic carbocycles. The van der Waals surface area contributed by atoms with Gasteiger partial charge >= 0.3 is 0 Å². The van der Waals surface area contributed by atoms with Crippen LogP contribution in [-0.2, 0) is 253 Å². The molecule has 28 nitrogen and oxygen atoms in total. The summed E-state index contributed by atoms with van der Waals surface area (Å²) < 4.78 is 0. The molecule has 0 spiro atoms. The fourth-order valence-corrected chi connectivity index (χ4v) is 7.78. The topological polar surface area (TPSA) is 445 Å². The number of allylic oxidation sites excluding steroid dienone is 3. The number of H-pyrrole nitrogens is 8. The van der Waals surface area contributed by atoms with E-state index in [-0.39, 0.29) is 280 Å². The van der Waals surface area contributed by atoms with E-state index in [0.717, 1.165) is 28.0 Å². The Balaban J connectivity index is 0.000000484. The van der Waals surface area contributed by atoms with Crippen molar-refractivity contribution < 1.29 is 263 Å². The summed E-state index contributed by atoms with van der Waals surface area (Å²) in [7, 11) is 0. The normalized spacial score (nSPS) is 13.2. The molecule has 14 rings (SSSR count). The zero-order chi connectivity index (χ0) is 56.1. The van der Waals surface area contributed by atoms with E-state index in [1.165, 1.54) is 13.8 Å². The largest absolute Gasteiger partial charge is 0.495 e. The fourth-order valence-electron chi connectivity index (χ4n) is 7.78. The van der Waals surface area contributed by atoms with Gasteiger partial charge in [-0.05, 0) is 110 Å². The summed E-state index contributed by atoms with van der Waals surface area (Å²) in [4.78, 5) is 147. The standard InChI is InChI=1S/2C8H4NO3.3C7H5N2O2.2C6H6N3O.7Y/c1-3-5-4(2-9-8(5)12)7(11)6(3)10;1-3-6-4(2-5(10)9-6)8(12)7(3)11;1-3-5-4(2-8-9-5)7(11)6(3)10;1-3-6-4(7(11)8-3)2-5(10)9-6;1-3-6-4(8-7(3)11)2-5(10)9-6;1-3-5-4(2-7-9-5)6(10)8-3;1-3-5-4(2-7-9-5)8-6(3)10;;;;;;;/h1H3,(H,9,12);1H3,(H,9,10);8-9H,1H3;1H3,(H,8,11)(H,9,10);8,11H,1H3;7,9H,1H3,(H,8,10);8,10H,1H3,(H,7,9);;;;;;;/q7*-1;;;;;;;. The molecule has 8 aliphatic heterocycles. The molecule has 3 amide bonds. The Kier molecular flexibility index (Phi) is 30.7. The van der Waals surface area contributed by atoms with E-state index < -0.39 is 50.3 Å². The zero-order valence-corrected chi connectivity index (χ0v) is 64.6. The first-order valence-electron chi connectivity index (χ1n) is 22.0. The van der Waals surface area contributed by atoms with Gasteiger partial charge in [0.2, 0.25) is 0 Å². The number of hydrogen-bond donors (Lipinski definition) is 14. The molecule has 7 radical (unpaired) electrons. The molecule has 11 heterocycles. The Labute approximate surface area is 646 Å². The van der Waals surface area contributed by atoms with Crippen LogP contribution < -0.4 is 70.6 Å². The summed E-state index contributed by atoms with van der Waals surface area (Å²) in [6.07, 6.45) is 15.2. The van der Waals surface area contributed by atoms with Gasteiger partial charge in [-0.25, -0.2) is 0 Å². The van der Waals surface area contributed by atoms with E-state index in [9.17, 15) is 57.5 Å².